The second kappa shape index (κ2) is 7.70. The molecule has 0 aliphatic rings. The van der Waals surface area contributed by atoms with E-state index in [9.17, 15) is 13.6 Å². The highest BCUT2D eigenvalue weighted by Crippen LogP contribution is 2.21. The first kappa shape index (κ1) is 16.8. The lowest BCUT2D eigenvalue weighted by Crippen LogP contribution is -2.23. The maximum absolute atomic E-state index is 12.9. The van der Waals surface area contributed by atoms with Gasteiger partial charge in [-0.2, -0.15) is 0 Å². The van der Waals surface area contributed by atoms with Gasteiger partial charge in [0.2, 0.25) is 5.91 Å². The molecule has 0 atom stereocenters. The molecule has 0 fully saturated rings. The van der Waals surface area contributed by atoms with Crippen molar-refractivity contribution < 1.29 is 18.0 Å². The number of carbonyl (C=O) groups excluding carboxylic acids is 1. The molecule has 0 spiro atoms. The fraction of sp³-hybridized carbons (Fsp3) is 0.158. The standard InChI is InChI=1S/C19H16F2N2O2/c20-15-5-1-13(2-6-15)11-22-18(24)9-10-19-23-12-17(25-19)14-3-7-16(21)8-4-14/h1-8,12H,9-11H2,(H,22,24). The van der Waals surface area contributed by atoms with Crippen molar-refractivity contribution in [1.29, 1.82) is 0 Å². The Kier molecular flexibility index (Phi) is 5.18. The summed E-state index contributed by atoms with van der Waals surface area (Å²) in [6.07, 6.45) is 2.14. The maximum Gasteiger partial charge on any atom is 0.220 e. The van der Waals surface area contributed by atoms with Crippen molar-refractivity contribution in [1.82, 2.24) is 10.3 Å². The molecule has 0 bridgehead atoms. The molecule has 2 aromatic carbocycles. The molecule has 1 N–H and O–H groups in total. The van der Waals surface area contributed by atoms with Crippen molar-refractivity contribution in [3.8, 4) is 11.3 Å². The minimum absolute atomic E-state index is 0.147. The molecule has 3 rings (SSSR count). The average Bonchev–Trinajstić information content (AvgIpc) is 3.09. The topological polar surface area (TPSA) is 55.1 Å². The summed E-state index contributed by atoms with van der Waals surface area (Å²) in [6, 6.07) is 11.9. The number of oxazole rings is 1. The Hall–Kier alpha value is -3.02. The van der Waals surface area contributed by atoms with Crippen LogP contribution in [-0.4, -0.2) is 10.9 Å². The van der Waals surface area contributed by atoms with E-state index in [1.807, 2.05) is 0 Å². The molecule has 0 unspecified atom stereocenters. The third kappa shape index (κ3) is 4.73. The Bertz CT molecular complexity index is 843. The lowest BCUT2D eigenvalue weighted by atomic mass is 10.2. The van der Waals surface area contributed by atoms with Crippen LogP contribution in [0.25, 0.3) is 11.3 Å². The predicted octanol–water partition coefficient (Wildman–Crippen LogP) is 3.87. The third-order valence-electron chi connectivity index (χ3n) is 3.65. The quantitative estimate of drug-likeness (QED) is 0.740. The zero-order valence-corrected chi connectivity index (χ0v) is 13.3. The Balaban J connectivity index is 1.49. The van der Waals surface area contributed by atoms with E-state index < -0.39 is 0 Å². The van der Waals surface area contributed by atoms with Crippen molar-refractivity contribution in [2.24, 2.45) is 0 Å². The minimum atomic E-state index is -0.318. The molecule has 0 aliphatic heterocycles. The van der Waals surface area contributed by atoms with E-state index in [1.54, 1.807) is 30.5 Å². The zero-order valence-electron chi connectivity index (χ0n) is 13.3. The van der Waals surface area contributed by atoms with Gasteiger partial charge in [0.15, 0.2) is 11.7 Å². The molecule has 3 aromatic rings. The van der Waals surface area contributed by atoms with Crippen LogP contribution in [0.1, 0.15) is 17.9 Å². The highest BCUT2D eigenvalue weighted by molar-refractivity contribution is 5.76. The van der Waals surface area contributed by atoms with E-state index in [-0.39, 0.29) is 24.0 Å². The SMILES string of the molecule is O=C(CCc1ncc(-c2ccc(F)cc2)o1)NCc1ccc(F)cc1. The van der Waals surface area contributed by atoms with Crippen LogP contribution in [0.5, 0.6) is 0 Å². The predicted molar refractivity (Wildman–Crippen MR) is 88.5 cm³/mol. The van der Waals surface area contributed by atoms with Crippen molar-refractivity contribution in [3.63, 3.8) is 0 Å². The Labute approximate surface area is 143 Å². The Morgan fingerprint density at radius 3 is 2.32 bits per heavy atom. The Morgan fingerprint density at radius 1 is 1.00 bits per heavy atom. The molecule has 1 amide bonds. The number of hydrogen-bond donors (Lipinski definition) is 1. The van der Waals surface area contributed by atoms with Gasteiger partial charge in [0.1, 0.15) is 11.6 Å². The highest BCUT2D eigenvalue weighted by atomic mass is 19.1. The fourth-order valence-corrected chi connectivity index (χ4v) is 2.29. The van der Waals surface area contributed by atoms with Gasteiger partial charge < -0.3 is 9.73 Å². The molecule has 0 radical (unpaired) electrons. The summed E-state index contributed by atoms with van der Waals surface area (Å²) >= 11 is 0. The number of amides is 1. The van der Waals surface area contributed by atoms with E-state index in [1.165, 1.54) is 24.3 Å². The second-order valence-corrected chi connectivity index (χ2v) is 5.53. The van der Waals surface area contributed by atoms with Crippen LogP contribution in [0.3, 0.4) is 0 Å². The van der Waals surface area contributed by atoms with Gasteiger partial charge in [0, 0.05) is 24.9 Å². The number of nitrogens with zero attached hydrogens (tertiary/aromatic N) is 1. The number of benzene rings is 2. The van der Waals surface area contributed by atoms with Gasteiger partial charge in [-0.1, -0.05) is 12.1 Å². The first-order valence-corrected chi connectivity index (χ1v) is 7.82. The van der Waals surface area contributed by atoms with Crippen molar-refractivity contribution >= 4 is 5.91 Å². The van der Waals surface area contributed by atoms with Gasteiger partial charge in [0.05, 0.1) is 6.20 Å². The monoisotopic (exact) mass is 342 g/mol. The molecule has 25 heavy (non-hydrogen) atoms. The van der Waals surface area contributed by atoms with Gasteiger partial charge in [-0.25, -0.2) is 13.8 Å². The molecule has 1 aromatic heterocycles. The van der Waals surface area contributed by atoms with Crippen LogP contribution < -0.4 is 5.32 Å². The summed E-state index contributed by atoms with van der Waals surface area (Å²) in [5, 5.41) is 2.76. The number of rotatable bonds is 6. The molecular formula is C19H16F2N2O2. The van der Waals surface area contributed by atoms with Crippen molar-refractivity contribution in [2.75, 3.05) is 0 Å². The number of aromatic nitrogens is 1. The third-order valence-corrected chi connectivity index (χ3v) is 3.65. The van der Waals surface area contributed by atoms with Crippen LogP contribution in [0.4, 0.5) is 8.78 Å². The lowest BCUT2D eigenvalue weighted by molar-refractivity contribution is -0.121. The fourth-order valence-electron chi connectivity index (χ4n) is 2.29. The molecule has 0 saturated heterocycles. The first-order chi connectivity index (χ1) is 12.1. The first-order valence-electron chi connectivity index (χ1n) is 7.82. The van der Waals surface area contributed by atoms with E-state index in [0.29, 0.717) is 24.6 Å². The minimum Gasteiger partial charge on any atom is -0.441 e. The van der Waals surface area contributed by atoms with Crippen molar-refractivity contribution in [3.05, 3.63) is 77.8 Å². The summed E-state index contributed by atoms with van der Waals surface area (Å²) in [6.45, 7) is 0.339. The number of halogens is 2. The molecule has 4 nitrogen and oxygen atoms in total. The summed E-state index contributed by atoms with van der Waals surface area (Å²) < 4.78 is 31.3. The number of aryl methyl sites for hydroxylation is 1. The van der Waals surface area contributed by atoms with Crippen LogP contribution in [0, 0.1) is 11.6 Å². The van der Waals surface area contributed by atoms with E-state index in [2.05, 4.69) is 10.3 Å². The molecule has 1 heterocycles. The summed E-state index contributed by atoms with van der Waals surface area (Å²) in [5.41, 5.74) is 1.55. The largest absolute Gasteiger partial charge is 0.441 e. The van der Waals surface area contributed by atoms with Gasteiger partial charge in [0.25, 0.3) is 0 Å². The Morgan fingerprint density at radius 2 is 1.64 bits per heavy atom. The maximum atomic E-state index is 12.9. The van der Waals surface area contributed by atoms with Crippen LogP contribution in [0.15, 0.2) is 59.1 Å². The van der Waals surface area contributed by atoms with Gasteiger partial charge >= 0.3 is 0 Å². The van der Waals surface area contributed by atoms with Crippen LogP contribution in [0.2, 0.25) is 0 Å². The van der Waals surface area contributed by atoms with Gasteiger partial charge in [-0.3, -0.25) is 4.79 Å². The summed E-state index contributed by atoms with van der Waals surface area (Å²) in [7, 11) is 0. The number of hydrogen-bond acceptors (Lipinski definition) is 3. The molecule has 6 heteroatoms. The smallest absolute Gasteiger partial charge is 0.220 e. The van der Waals surface area contributed by atoms with Crippen LogP contribution in [-0.2, 0) is 17.8 Å². The van der Waals surface area contributed by atoms with Gasteiger partial charge in [-0.05, 0) is 42.0 Å². The second-order valence-electron chi connectivity index (χ2n) is 5.53. The number of carbonyl (C=O) groups is 1. The van der Waals surface area contributed by atoms with E-state index in [4.69, 9.17) is 4.42 Å². The molecule has 0 aliphatic carbocycles. The molecular weight excluding hydrogens is 326 g/mol. The number of nitrogens with one attached hydrogen (secondary N) is 1. The summed E-state index contributed by atoms with van der Waals surface area (Å²) in [4.78, 5) is 16.0. The average molecular weight is 342 g/mol. The lowest BCUT2D eigenvalue weighted by Gasteiger charge is -2.04. The van der Waals surface area contributed by atoms with E-state index in [0.717, 1.165) is 11.1 Å². The van der Waals surface area contributed by atoms with Crippen LogP contribution >= 0.6 is 0 Å². The summed E-state index contributed by atoms with van der Waals surface area (Å²) in [5.74, 6) is 0.195. The highest BCUT2D eigenvalue weighted by Gasteiger charge is 2.09. The zero-order chi connectivity index (χ0) is 17.6. The van der Waals surface area contributed by atoms with Gasteiger partial charge in [-0.15, -0.1) is 0 Å². The normalized spacial score (nSPS) is 10.6. The molecule has 128 valence electrons. The van der Waals surface area contributed by atoms with E-state index >= 15 is 0 Å². The molecule has 0 saturated carbocycles. The van der Waals surface area contributed by atoms with Crippen molar-refractivity contribution in [2.45, 2.75) is 19.4 Å².